The van der Waals surface area contributed by atoms with Gasteiger partial charge in [0.05, 0.1) is 23.9 Å². The van der Waals surface area contributed by atoms with Crippen molar-refractivity contribution in [1.29, 1.82) is 0 Å². The fraction of sp³-hybridized carbons (Fsp3) is 0.250. The molecule has 0 saturated carbocycles. The van der Waals surface area contributed by atoms with Crippen LogP contribution in [0.3, 0.4) is 0 Å². The smallest absolute Gasteiger partial charge is 0.254 e. The summed E-state index contributed by atoms with van der Waals surface area (Å²) in [6.45, 7) is 2.54. The maximum Gasteiger partial charge on any atom is 0.254 e. The molecule has 2 aromatic heterocycles. The molecule has 0 radical (unpaired) electrons. The van der Waals surface area contributed by atoms with Gasteiger partial charge in [-0.25, -0.2) is 4.98 Å². The Hall–Kier alpha value is -2.57. The van der Waals surface area contributed by atoms with Crippen LogP contribution in [0.4, 0.5) is 0 Å². The van der Waals surface area contributed by atoms with Crippen LogP contribution in [0.5, 0.6) is 0 Å². The zero-order valence-electron chi connectivity index (χ0n) is 14.3. The highest BCUT2D eigenvalue weighted by Crippen LogP contribution is 2.24. The van der Waals surface area contributed by atoms with E-state index in [2.05, 4.69) is 10.4 Å². The van der Waals surface area contributed by atoms with Gasteiger partial charge in [0.25, 0.3) is 5.91 Å². The van der Waals surface area contributed by atoms with Crippen LogP contribution in [-0.4, -0.2) is 47.1 Å². The maximum absolute atomic E-state index is 12.5. The molecule has 4 rings (SSSR count). The van der Waals surface area contributed by atoms with E-state index < -0.39 is 0 Å². The third-order valence-electron chi connectivity index (χ3n) is 4.34. The Balaban J connectivity index is 1.46. The van der Waals surface area contributed by atoms with Gasteiger partial charge in [0.1, 0.15) is 0 Å². The highest BCUT2D eigenvalue weighted by atomic mass is 32.1. The largest absolute Gasteiger partial charge is 0.378 e. The van der Waals surface area contributed by atoms with Crippen LogP contribution in [0.15, 0.2) is 54.0 Å². The van der Waals surface area contributed by atoms with Crippen LogP contribution in [0.2, 0.25) is 0 Å². The van der Waals surface area contributed by atoms with Crippen LogP contribution in [0.25, 0.3) is 11.3 Å². The van der Waals surface area contributed by atoms with Crippen molar-refractivity contribution >= 4 is 17.2 Å². The Bertz CT molecular complexity index is 872. The van der Waals surface area contributed by atoms with E-state index in [1.165, 1.54) is 0 Å². The molecule has 1 aliphatic heterocycles. The van der Waals surface area contributed by atoms with Gasteiger partial charge >= 0.3 is 0 Å². The monoisotopic (exact) mass is 365 g/mol. The predicted octanol–water partition coefficient (Wildman–Crippen LogP) is 3.27. The van der Waals surface area contributed by atoms with Crippen molar-refractivity contribution in [3.8, 4) is 11.3 Å². The van der Waals surface area contributed by atoms with Crippen LogP contribution >= 0.6 is 11.3 Å². The number of ether oxygens (including phenoxy) is 1. The van der Waals surface area contributed by atoms with E-state index in [-0.39, 0.29) is 5.91 Å². The molecule has 0 unspecified atom stereocenters. The van der Waals surface area contributed by atoms with Crippen LogP contribution in [0, 0.1) is 0 Å². The first-order valence-corrected chi connectivity index (χ1v) is 9.49. The minimum Gasteiger partial charge on any atom is -0.378 e. The minimum atomic E-state index is 0.0639. The molecule has 3 heterocycles. The number of thiazole rings is 1. The summed E-state index contributed by atoms with van der Waals surface area (Å²) >= 11 is 1.63. The molecular formula is C20H19N3O2S. The van der Waals surface area contributed by atoms with Gasteiger partial charge in [0, 0.05) is 47.9 Å². The summed E-state index contributed by atoms with van der Waals surface area (Å²) in [5.74, 6) is 0.0639. The van der Waals surface area contributed by atoms with Crippen molar-refractivity contribution in [1.82, 2.24) is 14.9 Å². The SMILES string of the molecule is O=C(c1ccc(-c2csc(Cc3ccccn3)n2)cc1)N1CCOCC1. The fourth-order valence-electron chi connectivity index (χ4n) is 2.91. The van der Waals surface area contributed by atoms with E-state index in [0.29, 0.717) is 31.9 Å². The number of carbonyl (C=O) groups is 1. The summed E-state index contributed by atoms with van der Waals surface area (Å²) in [6.07, 6.45) is 2.53. The normalized spacial score (nSPS) is 14.4. The fourth-order valence-corrected chi connectivity index (χ4v) is 3.73. The lowest BCUT2D eigenvalue weighted by Gasteiger charge is -2.26. The molecule has 26 heavy (non-hydrogen) atoms. The highest BCUT2D eigenvalue weighted by Gasteiger charge is 2.18. The number of morpholine rings is 1. The van der Waals surface area contributed by atoms with E-state index in [0.717, 1.165) is 28.4 Å². The second kappa shape index (κ2) is 7.76. The van der Waals surface area contributed by atoms with Gasteiger partial charge in [-0.15, -0.1) is 11.3 Å². The number of hydrogen-bond acceptors (Lipinski definition) is 5. The number of carbonyl (C=O) groups excluding carboxylic acids is 1. The van der Waals surface area contributed by atoms with E-state index >= 15 is 0 Å². The number of nitrogens with zero attached hydrogens (tertiary/aromatic N) is 3. The lowest BCUT2D eigenvalue weighted by molar-refractivity contribution is 0.0303. The van der Waals surface area contributed by atoms with Gasteiger partial charge < -0.3 is 9.64 Å². The molecule has 3 aromatic rings. The third-order valence-corrected chi connectivity index (χ3v) is 5.18. The zero-order chi connectivity index (χ0) is 17.8. The topological polar surface area (TPSA) is 55.3 Å². The molecule has 1 aliphatic rings. The van der Waals surface area contributed by atoms with E-state index in [1.54, 1.807) is 17.5 Å². The molecule has 1 saturated heterocycles. The van der Waals surface area contributed by atoms with E-state index in [1.807, 2.05) is 47.4 Å². The molecule has 0 bridgehead atoms. The lowest BCUT2D eigenvalue weighted by atomic mass is 10.1. The Labute approximate surface area is 156 Å². The summed E-state index contributed by atoms with van der Waals surface area (Å²) in [5, 5.41) is 3.09. The molecule has 6 heteroatoms. The van der Waals surface area contributed by atoms with Gasteiger partial charge in [0.2, 0.25) is 0 Å². The molecule has 0 N–H and O–H groups in total. The molecule has 1 amide bonds. The molecule has 0 atom stereocenters. The standard InChI is InChI=1S/C20H19N3O2S/c24-20(23-9-11-25-12-10-23)16-6-4-15(5-7-16)18-14-26-19(22-18)13-17-3-1-2-8-21-17/h1-8,14H,9-13H2. The van der Waals surface area contributed by atoms with Crippen LogP contribution in [0.1, 0.15) is 21.1 Å². The van der Waals surface area contributed by atoms with Crippen molar-refractivity contribution in [2.75, 3.05) is 26.3 Å². The van der Waals surface area contributed by atoms with Gasteiger partial charge in [-0.05, 0) is 24.3 Å². The van der Waals surface area contributed by atoms with Gasteiger partial charge in [-0.3, -0.25) is 9.78 Å². The van der Waals surface area contributed by atoms with Crippen molar-refractivity contribution in [2.45, 2.75) is 6.42 Å². The Kier molecular flexibility index (Phi) is 5.04. The van der Waals surface area contributed by atoms with Gasteiger partial charge in [-0.1, -0.05) is 18.2 Å². The Morgan fingerprint density at radius 3 is 2.65 bits per heavy atom. The molecule has 0 aliphatic carbocycles. The number of aromatic nitrogens is 2. The van der Waals surface area contributed by atoms with Crippen molar-refractivity contribution in [2.24, 2.45) is 0 Å². The van der Waals surface area contributed by atoms with E-state index in [4.69, 9.17) is 9.72 Å². The van der Waals surface area contributed by atoms with E-state index in [9.17, 15) is 4.79 Å². The second-order valence-corrected chi connectivity index (χ2v) is 7.05. The predicted molar refractivity (Wildman–Crippen MR) is 101 cm³/mol. The summed E-state index contributed by atoms with van der Waals surface area (Å²) in [4.78, 5) is 23.4. The summed E-state index contributed by atoms with van der Waals surface area (Å²) < 4.78 is 5.30. The first kappa shape index (κ1) is 16.9. The average Bonchev–Trinajstić information content (AvgIpc) is 3.17. The van der Waals surface area contributed by atoms with Crippen molar-refractivity contribution < 1.29 is 9.53 Å². The number of rotatable bonds is 4. The highest BCUT2D eigenvalue weighted by molar-refractivity contribution is 7.10. The Morgan fingerprint density at radius 1 is 1.12 bits per heavy atom. The number of benzene rings is 1. The molecule has 1 fully saturated rings. The van der Waals surface area contributed by atoms with Crippen LogP contribution in [-0.2, 0) is 11.2 Å². The molecular weight excluding hydrogens is 346 g/mol. The van der Waals surface area contributed by atoms with Gasteiger partial charge in [0.15, 0.2) is 0 Å². The summed E-state index contributed by atoms with van der Waals surface area (Å²) in [6, 6.07) is 13.6. The molecule has 1 aromatic carbocycles. The first-order chi connectivity index (χ1) is 12.8. The Morgan fingerprint density at radius 2 is 1.92 bits per heavy atom. The first-order valence-electron chi connectivity index (χ1n) is 8.61. The minimum absolute atomic E-state index is 0.0639. The second-order valence-electron chi connectivity index (χ2n) is 6.11. The van der Waals surface area contributed by atoms with Crippen LogP contribution < -0.4 is 0 Å². The zero-order valence-corrected chi connectivity index (χ0v) is 15.1. The van der Waals surface area contributed by atoms with Gasteiger partial charge in [-0.2, -0.15) is 0 Å². The third kappa shape index (κ3) is 3.81. The number of pyridine rings is 1. The van der Waals surface area contributed by atoms with Crippen molar-refractivity contribution in [3.05, 3.63) is 70.3 Å². The quantitative estimate of drug-likeness (QED) is 0.712. The number of hydrogen-bond donors (Lipinski definition) is 0. The molecule has 132 valence electrons. The lowest BCUT2D eigenvalue weighted by Crippen LogP contribution is -2.40. The van der Waals surface area contributed by atoms with Crippen molar-refractivity contribution in [3.63, 3.8) is 0 Å². The summed E-state index contributed by atoms with van der Waals surface area (Å²) in [7, 11) is 0. The molecule has 0 spiro atoms. The maximum atomic E-state index is 12.5. The summed E-state index contributed by atoms with van der Waals surface area (Å²) in [5.41, 5.74) is 3.68. The average molecular weight is 365 g/mol. The molecule has 5 nitrogen and oxygen atoms in total. The number of amides is 1.